The molecule has 0 N–H and O–H groups in total. The Bertz CT molecular complexity index is 609. The molecule has 6 nitrogen and oxygen atoms in total. The van der Waals surface area contributed by atoms with Crippen LogP contribution in [0.25, 0.3) is 5.78 Å². The van der Waals surface area contributed by atoms with E-state index in [0.717, 1.165) is 37.7 Å². The summed E-state index contributed by atoms with van der Waals surface area (Å²) in [5.74, 6) is 1.84. The van der Waals surface area contributed by atoms with Gasteiger partial charge in [-0.15, -0.1) is 0 Å². The Morgan fingerprint density at radius 1 is 1.10 bits per heavy atom. The van der Waals surface area contributed by atoms with Gasteiger partial charge in [0.1, 0.15) is 12.1 Å². The number of aromatic nitrogens is 4. The molecule has 0 atom stereocenters. The van der Waals surface area contributed by atoms with Crippen LogP contribution in [0, 0.1) is 13.8 Å². The van der Waals surface area contributed by atoms with Crippen molar-refractivity contribution in [1.82, 2.24) is 24.5 Å². The van der Waals surface area contributed by atoms with Crippen molar-refractivity contribution < 1.29 is 0 Å². The van der Waals surface area contributed by atoms with E-state index in [4.69, 9.17) is 0 Å². The summed E-state index contributed by atoms with van der Waals surface area (Å²) in [7, 11) is 0. The molecule has 3 heterocycles. The Morgan fingerprint density at radius 3 is 2.45 bits per heavy atom. The van der Waals surface area contributed by atoms with E-state index in [1.165, 1.54) is 5.56 Å². The Kier molecular flexibility index (Phi) is 3.33. The number of fused-ring (bicyclic) bond motifs is 1. The highest BCUT2D eigenvalue weighted by atomic mass is 15.4. The molecule has 108 valence electrons. The Hall–Kier alpha value is -1.69. The lowest BCUT2D eigenvalue weighted by Gasteiger charge is -2.38. The largest absolute Gasteiger partial charge is 0.354 e. The van der Waals surface area contributed by atoms with Gasteiger partial charge in [0, 0.05) is 43.5 Å². The summed E-state index contributed by atoms with van der Waals surface area (Å²) < 4.78 is 1.87. The van der Waals surface area contributed by atoms with Gasteiger partial charge in [-0.2, -0.15) is 14.6 Å². The fraction of sp³-hybridized carbons (Fsp3) is 0.643. The van der Waals surface area contributed by atoms with E-state index in [9.17, 15) is 0 Å². The van der Waals surface area contributed by atoms with Gasteiger partial charge in [0.05, 0.1) is 0 Å². The molecule has 0 aliphatic carbocycles. The molecule has 2 aromatic rings. The third kappa shape index (κ3) is 2.14. The molecule has 20 heavy (non-hydrogen) atoms. The minimum absolute atomic E-state index is 0.615. The third-order valence-electron chi connectivity index (χ3n) is 4.22. The number of rotatable bonds is 2. The zero-order valence-corrected chi connectivity index (χ0v) is 12.7. The van der Waals surface area contributed by atoms with Crippen LogP contribution in [0.5, 0.6) is 0 Å². The van der Waals surface area contributed by atoms with E-state index in [2.05, 4.69) is 45.6 Å². The molecule has 0 unspecified atom stereocenters. The van der Waals surface area contributed by atoms with Gasteiger partial charge in [-0.1, -0.05) is 0 Å². The van der Waals surface area contributed by atoms with Gasteiger partial charge in [0.15, 0.2) is 0 Å². The average Bonchev–Trinajstić information content (AvgIpc) is 2.88. The second-order valence-corrected chi connectivity index (χ2v) is 5.73. The van der Waals surface area contributed by atoms with E-state index >= 15 is 0 Å². The predicted octanol–water partition coefficient (Wildman–Crippen LogP) is 1.27. The molecule has 6 heteroatoms. The summed E-state index contributed by atoms with van der Waals surface area (Å²) in [6.45, 7) is 12.9. The first-order valence-corrected chi connectivity index (χ1v) is 7.24. The Labute approximate surface area is 119 Å². The van der Waals surface area contributed by atoms with Crippen molar-refractivity contribution >= 4 is 11.6 Å². The number of piperazine rings is 1. The molecule has 0 radical (unpaired) electrons. The zero-order chi connectivity index (χ0) is 14.3. The fourth-order valence-electron chi connectivity index (χ4n) is 2.84. The topological polar surface area (TPSA) is 49.6 Å². The molecule has 0 bridgehead atoms. The van der Waals surface area contributed by atoms with E-state index < -0.39 is 0 Å². The zero-order valence-electron chi connectivity index (χ0n) is 12.7. The van der Waals surface area contributed by atoms with Crippen molar-refractivity contribution in [3.05, 3.63) is 17.6 Å². The van der Waals surface area contributed by atoms with Crippen LogP contribution in [0.3, 0.4) is 0 Å². The molecular formula is C14H22N6. The molecular weight excluding hydrogens is 252 g/mol. The summed E-state index contributed by atoms with van der Waals surface area (Å²) in [5.41, 5.74) is 2.23. The highest BCUT2D eigenvalue weighted by molar-refractivity contribution is 5.54. The maximum absolute atomic E-state index is 4.49. The van der Waals surface area contributed by atoms with Crippen molar-refractivity contribution in [2.45, 2.75) is 33.7 Å². The maximum atomic E-state index is 4.49. The third-order valence-corrected chi connectivity index (χ3v) is 4.22. The summed E-state index contributed by atoms with van der Waals surface area (Å²) in [4.78, 5) is 13.6. The van der Waals surface area contributed by atoms with Crippen LogP contribution < -0.4 is 4.90 Å². The first-order chi connectivity index (χ1) is 9.58. The number of hydrogen-bond acceptors (Lipinski definition) is 5. The molecule has 0 saturated carbocycles. The first kappa shape index (κ1) is 13.3. The molecule has 2 aromatic heterocycles. The van der Waals surface area contributed by atoms with Gasteiger partial charge in [-0.3, -0.25) is 4.90 Å². The van der Waals surface area contributed by atoms with Crippen LogP contribution in [0.15, 0.2) is 6.33 Å². The summed E-state index contributed by atoms with van der Waals surface area (Å²) in [5, 5.41) is 4.34. The van der Waals surface area contributed by atoms with Crippen molar-refractivity contribution in [3.63, 3.8) is 0 Å². The van der Waals surface area contributed by atoms with Crippen molar-refractivity contribution in [1.29, 1.82) is 0 Å². The van der Waals surface area contributed by atoms with E-state index in [1.807, 2.05) is 11.4 Å². The summed E-state index contributed by atoms with van der Waals surface area (Å²) in [6.07, 6.45) is 1.58. The maximum Gasteiger partial charge on any atom is 0.254 e. The first-order valence-electron chi connectivity index (χ1n) is 7.24. The molecule has 1 saturated heterocycles. The second kappa shape index (κ2) is 5.01. The normalized spacial score (nSPS) is 17.4. The molecule has 0 aromatic carbocycles. The monoisotopic (exact) mass is 274 g/mol. The molecule has 0 amide bonds. The standard InChI is InChI=1S/C14H22N6/c1-10(2)18-5-7-19(8-6-18)13-11(3)12(4)17-14-15-9-16-20(13)14/h9-10H,5-8H2,1-4H3. The average molecular weight is 274 g/mol. The van der Waals surface area contributed by atoms with Crippen molar-refractivity contribution in [2.75, 3.05) is 31.1 Å². The number of hydrogen-bond donors (Lipinski definition) is 0. The number of nitrogens with zero attached hydrogens (tertiary/aromatic N) is 6. The number of anilines is 1. The van der Waals surface area contributed by atoms with Crippen LogP contribution in [-0.4, -0.2) is 56.7 Å². The van der Waals surface area contributed by atoms with E-state index in [0.29, 0.717) is 11.8 Å². The predicted molar refractivity (Wildman–Crippen MR) is 79.2 cm³/mol. The number of aryl methyl sites for hydroxylation is 1. The van der Waals surface area contributed by atoms with Gasteiger partial charge in [-0.05, 0) is 27.7 Å². The van der Waals surface area contributed by atoms with Crippen LogP contribution in [0.1, 0.15) is 25.1 Å². The van der Waals surface area contributed by atoms with Crippen LogP contribution in [0.4, 0.5) is 5.82 Å². The quantitative estimate of drug-likeness (QED) is 0.825. The van der Waals surface area contributed by atoms with Gasteiger partial charge in [0.25, 0.3) is 5.78 Å². The van der Waals surface area contributed by atoms with Gasteiger partial charge < -0.3 is 4.90 Å². The minimum Gasteiger partial charge on any atom is -0.354 e. The summed E-state index contributed by atoms with van der Waals surface area (Å²) >= 11 is 0. The van der Waals surface area contributed by atoms with Crippen LogP contribution >= 0.6 is 0 Å². The highest BCUT2D eigenvalue weighted by Crippen LogP contribution is 2.23. The Balaban J connectivity index is 1.95. The van der Waals surface area contributed by atoms with Gasteiger partial charge >= 0.3 is 0 Å². The Morgan fingerprint density at radius 2 is 1.80 bits per heavy atom. The lowest BCUT2D eigenvalue weighted by atomic mass is 10.2. The summed E-state index contributed by atoms with van der Waals surface area (Å²) in [6, 6.07) is 0.615. The molecule has 1 aliphatic heterocycles. The van der Waals surface area contributed by atoms with E-state index in [1.54, 1.807) is 6.33 Å². The molecule has 3 rings (SSSR count). The minimum atomic E-state index is 0.615. The van der Waals surface area contributed by atoms with Gasteiger partial charge in [0.2, 0.25) is 0 Å². The fourth-order valence-corrected chi connectivity index (χ4v) is 2.84. The van der Waals surface area contributed by atoms with Crippen molar-refractivity contribution in [3.8, 4) is 0 Å². The van der Waals surface area contributed by atoms with E-state index in [-0.39, 0.29) is 0 Å². The molecule has 1 aliphatic rings. The lowest BCUT2D eigenvalue weighted by molar-refractivity contribution is 0.208. The van der Waals surface area contributed by atoms with Crippen molar-refractivity contribution in [2.24, 2.45) is 0 Å². The highest BCUT2D eigenvalue weighted by Gasteiger charge is 2.23. The second-order valence-electron chi connectivity index (χ2n) is 5.73. The van der Waals surface area contributed by atoms with Crippen LogP contribution in [-0.2, 0) is 0 Å². The molecule has 0 spiro atoms. The molecule has 1 fully saturated rings. The SMILES string of the molecule is Cc1nc2ncnn2c(N2CCN(C(C)C)CC2)c1C. The smallest absolute Gasteiger partial charge is 0.254 e. The lowest BCUT2D eigenvalue weighted by Crippen LogP contribution is -2.49. The van der Waals surface area contributed by atoms with Crippen LogP contribution in [0.2, 0.25) is 0 Å². The van der Waals surface area contributed by atoms with Gasteiger partial charge in [-0.25, -0.2) is 4.98 Å².